The molecule has 0 bridgehead atoms. The Morgan fingerprint density at radius 1 is 1.12 bits per heavy atom. The van der Waals surface area contributed by atoms with Crippen LogP contribution in [0.15, 0.2) is 35.9 Å². The molecular formula is C12H13NO3. The average molecular weight is 219 g/mol. The molecular weight excluding hydrogens is 206 g/mol. The van der Waals surface area contributed by atoms with Gasteiger partial charge < -0.3 is 10.4 Å². The van der Waals surface area contributed by atoms with Gasteiger partial charge in [0.05, 0.1) is 11.3 Å². The zero-order valence-electron chi connectivity index (χ0n) is 9.15. The van der Waals surface area contributed by atoms with Gasteiger partial charge in [-0.25, -0.2) is 4.79 Å². The van der Waals surface area contributed by atoms with Gasteiger partial charge in [-0.2, -0.15) is 0 Å². The number of carbonyl (C=O) groups is 2. The van der Waals surface area contributed by atoms with Crippen molar-refractivity contribution < 1.29 is 14.7 Å². The number of hydrogen-bond donors (Lipinski definition) is 2. The van der Waals surface area contributed by atoms with E-state index in [0.29, 0.717) is 11.3 Å². The number of benzene rings is 1. The van der Waals surface area contributed by atoms with E-state index in [1.807, 2.05) is 6.07 Å². The Morgan fingerprint density at radius 2 is 1.69 bits per heavy atom. The first kappa shape index (κ1) is 12.0. The second-order valence-corrected chi connectivity index (χ2v) is 3.35. The Labute approximate surface area is 93.6 Å². The lowest BCUT2D eigenvalue weighted by Gasteiger charge is -2.10. The van der Waals surface area contributed by atoms with E-state index < -0.39 is 5.97 Å². The molecule has 0 spiro atoms. The monoisotopic (exact) mass is 219 g/mol. The molecule has 0 aromatic heterocycles. The SMILES string of the molecule is CC(=O)N/C(=C(/C)C(=O)O)c1ccccc1. The molecule has 1 aromatic rings. The van der Waals surface area contributed by atoms with Gasteiger partial charge in [0.1, 0.15) is 0 Å². The highest BCUT2D eigenvalue weighted by molar-refractivity contribution is 5.98. The standard InChI is InChI=1S/C12H13NO3/c1-8(12(15)16)11(13-9(2)14)10-6-4-3-5-7-10/h3-7H,1-2H3,(H,13,14)(H,15,16)/b11-8-. The second-order valence-electron chi connectivity index (χ2n) is 3.35. The molecule has 0 heterocycles. The molecule has 0 aliphatic rings. The molecule has 4 heteroatoms. The summed E-state index contributed by atoms with van der Waals surface area (Å²) in [4.78, 5) is 21.9. The molecule has 0 unspecified atom stereocenters. The zero-order valence-corrected chi connectivity index (χ0v) is 9.15. The predicted octanol–water partition coefficient (Wildman–Crippen LogP) is 1.64. The number of rotatable bonds is 3. The van der Waals surface area contributed by atoms with E-state index in [0.717, 1.165) is 0 Å². The van der Waals surface area contributed by atoms with E-state index in [1.54, 1.807) is 24.3 Å². The highest BCUT2D eigenvalue weighted by Crippen LogP contribution is 2.15. The summed E-state index contributed by atoms with van der Waals surface area (Å²) in [6.07, 6.45) is 0. The molecule has 0 aliphatic carbocycles. The van der Waals surface area contributed by atoms with Crippen molar-refractivity contribution >= 4 is 17.6 Å². The summed E-state index contributed by atoms with van der Waals surface area (Å²) >= 11 is 0. The van der Waals surface area contributed by atoms with Crippen LogP contribution in [0.25, 0.3) is 5.70 Å². The molecule has 16 heavy (non-hydrogen) atoms. The number of carbonyl (C=O) groups excluding carboxylic acids is 1. The second kappa shape index (κ2) is 5.11. The summed E-state index contributed by atoms with van der Waals surface area (Å²) in [5.74, 6) is -1.34. The van der Waals surface area contributed by atoms with Crippen molar-refractivity contribution in [3.05, 3.63) is 41.5 Å². The van der Waals surface area contributed by atoms with E-state index in [2.05, 4.69) is 5.32 Å². The number of carboxylic acids is 1. The summed E-state index contributed by atoms with van der Waals surface area (Å²) in [7, 11) is 0. The molecule has 0 fully saturated rings. The van der Waals surface area contributed by atoms with Crippen molar-refractivity contribution in [1.29, 1.82) is 0 Å². The van der Waals surface area contributed by atoms with Crippen LogP contribution in [0, 0.1) is 0 Å². The van der Waals surface area contributed by atoms with Crippen molar-refractivity contribution in [2.75, 3.05) is 0 Å². The number of aliphatic carboxylic acids is 1. The quantitative estimate of drug-likeness (QED) is 0.759. The Bertz CT molecular complexity index is 435. The average Bonchev–Trinajstić information content (AvgIpc) is 2.26. The van der Waals surface area contributed by atoms with E-state index in [1.165, 1.54) is 13.8 Å². The molecule has 84 valence electrons. The fourth-order valence-corrected chi connectivity index (χ4v) is 1.27. The first-order valence-electron chi connectivity index (χ1n) is 4.79. The van der Waals surface area contributed by atoms with Crippen molar-refractivity contribution in [1.82, 2.24) is 5.32 Å². The van der Waals surface area contributed by atoms with Crippen molar-refractivity contribution in [2.24, 2.45) is 0 Å². The molecule has 0 saturated carbocycles. The van der Waals surface area contributed by atoms with E-state index >= 15 is 0 Å². The number of hydrogen-bond acceptors (Lipinski definition) is 2. The molecule has 4 nitrogen and oxygen atoms in total. The van der Waals surface area contributed by atoms with Gasteiger partial charge in [0.25, 0.3) is 0 Å². The van der Waals surface area contributed by atoms with Crippen LogP contribution in [0.5, 0.6) is 0 Å². The number of amides is 1. The highest BCUT2D eigenvalue weighted by Gasteiger charge is 2.12. The predicted molar refractivity (Wildman–Crippen MR) is 60.5 cm³/mol. The Balaban J connectivity index is 3.21. The lowest BCUT2D eigenvalue weighted by Crippen LogP contribution is -2.21. The number of carboxylic acid groups (broad SMARTS) is 1. The molecule has 1 rings (SSSR count). The van der Waals surface area contributed by atoms with Gasteiger partial charge in [0, 0.05) is 6.92 Å². The molecule has 0 radical (unpaired) electrons. The number of nitrogens with one attached hydrogen (secondary N) is 1. The molecule has 0 aliphatic heterocycles. The first-order valence-corrected chi connectivity index (χ1v) is 4.79. The van der Waals surface area contributed by atoms with Crippen LogP contribution < -0.4 is 5.32 Å². The maximum atomic E-state index is 11.0. The lowest BCUT2D eigenvalue weighted by molar-refractivity contribution is -0.132. The largest absolute Gasteiger partial charge is 0.478 e. The van der Waals surface area contributed by atoms with Crippen LogP contribution in [0.4, 0.5) is 0 Å². The minimum absolute atomic E-state index is 0.112. The Hall–Kier alpha value is -2.10. The normalized spacial score (nSPS) is 11.6. The zero-order chi connectivity index (χ0) is 12.1. The van der Waals surface area contributed by atoms with Crippen LogP contribution in [0.2, 0.25) is 0 Å². The Morgan fingerprint density at radius 3 is 2.12 bits per heavy atom. The van der Waals surface area contributed by atoms with Gasteiger partial charge in [-0.15, -0.1) is 0 Å². The van der Waals surface area contributed by atoms with Crippen LogP contribution in [-0.2, 0) is 9.59 Å². The molecule has 1 amide bonds. The van der Waals surface area contributed by atoms with Crippen molar-refractivity contribution in [3.63, 3.8) is 0 Å². The molecule has 0 atom stereocenters. The lowest BCUT2D eigenvalue weighted by atomic mass is 10.1. The van der Waals surface area contributed by atoms with Gasteiger partial charge in [-0.3, -0.25) is 4.79 Å². The van der Waals surface area contributed by atoms with Crippen LogP contribution in [-0.4, -0.2) is 17.0 Å². The summed E-state index contributed by atoms with van der Waals surface area (Å²) in [5, 5.41) is 11.5. The minimum atomic E-state index is -1.05. The van der Waals surface area contributed by atoms with Crippen LogP contribution in [0.1, 0.15) is 19.4 Å². The molecule has 1 aromatic carbocycles. The van der Waals surface area contributed by atoms with Gasteiger partial charge in [0.15, 0.2) is 0 Å². The topological polar surface area (TPSA) is 66.4 Å². The van der Waals surface area contributed by atoms with E-state index in [4.69, 9.17) is 5.11 Å². The summed E-state index contributed by atoms with van der Waals surface area (Å²) in [6.45, 7) is 2.80. The third kappa shape index (κ3) is 2.95. The van der Waals surface area contributed by atoms with Crippen molar-refractivity contribution in [2.45, 2.75) is 13.8 Å². The smallest absolute Gasteiger partial charge is 0.333 e. The van der Waals surface area contributed by atoms with Crippen LogP contribution in [0.3, 0.4) is 0 Å². The first-order chi connectivity index (χ1) is 7.52. The van der Waals surface area contributed by atoms with E-state index in [-0.39, 0.29) is 11.5 Å². The third-order valence-corrected chi connectivity index (χ3v) is 2.06. The van der Waals surface area contributed by atoms with Crippen molar-refractivity contribution in [3.8, 4) is 0 Å². The van der Waals surface area contributed by atoms with Crippen LogP contribution >= 0.6 is 0 Å². The van der Waals surface area contributed by atoms with Gasteiger partial charge in [-0.1, -0.05) is 30.3 Å². The molecule has 0 saturated heterocycles. The van der Waals surface area contributed by atoms with Gasteiger partial charge >= 0.3 is 5.97 Å². The fraction of sp³-hybridized carbons (Fsp3) is 0.167. The molecule has 2 N–H and O–H groups in total. The minimum Gasteiger partial charge on any atom is -0.478 e. The summed E-state index contributed by atoms with van der Waals surface area (Å²) in [5.41, 5.74) is 1.12. The fourth-order valence-electron chi connectivity index (χ4n) is 1.27. The van der Waals surface area contributed by atoms with Gasteiger partial charge in [-0.05, 0) is 12.5 Å². The van der Waals surface area contributed by atoms with Gasteiger partial charge in [0.2, 0.25) is 5.91 Å². The summed E-state index contributed by atoms with van der Waals surface area (Å²) in [6, 6.07) is 8.89. The highest BCUT2D eigenvalue weighted by atomic mass is 16.4. The third-order valence-electron chi connectivity index (χ3n) is 2.06. The maximum absolute atomic E-state index is 11.0. The van der Waals surface area contributed by atoms with E-state index in [9.17, 15) is 9.59 Å². The maximum Gasteiger partial charge on any atom is 0.333 e. The summed E-state index contributed by atoms with van der Waals surface area (Å²) < 4.78 is 0. The Kier molecular flexibility index (Phi) is 3.83.